The topological polar surface area (TPSA) is 88.9 Å². The van der Waals surface area contributed by atoms with Crippen LogP contribution in [0, 0.1) is 11.7 Å². The molecular weight excluding hydrogens is 477 g/mol. The summed E-state index contributed by atoms with van der Waals surface area (Å²) >= 11 is 7.34. The lowest BCUT2D eigenvalue weighted by Crippen LogP contribution is -2.34. The van der Waals surface area contributed by atoms with Crippen LogP contribution in [-0.2, 0) is 11.3 Å². The van der Waals surface area contributed by atoms with E-state index in [9.17, 15) is 14.0 Å². The number of nitrogens with zero attached hydrogens (tertiary/aromatic N) is 3. The molecule has 0 unspecified atom stereocenters. The second-order valence-electron chi connectivity index (χ2n) is 7.73. The molecule has 2 aromatic carbocycles. The molecule has 0 saturated heterocycles. The van der Waals surface area contributed by atoms with Gasteiger partial charge in [0, 0.05) is 6.54 Å². The van der Waals surface area contributed by atoms with Gasteiger partial charge in [0.1, 0.15) is 5.82 Å². The van der Waals surface area contributed by atoms with Crippen molar-refractivity contribution >= 4 is 40.9 Å². The number of benzene rings is 2. The van der Waals surface area contributed by atoms with E-state index in [0.29, 0.717) is 28.1 Å². The van der Waals surface area contributed by atoms with E-state index in [1.54, 1.807) is 47.0 Å². The largest absolute Gasteiger partial charge is 0.342 e. The van der Waals surface area contributed by atoms with E-state index < -0.39 is 11.9 Å². The first-order valence-electron chi connectivity index (χ1n) is 10.6. The van der Waals surface area contributed by atoms with Crippen LogP contribution in [0.25, 0.3) is 0 Å². The second kappa shape index (κ2) is 11.8. The molecule has 10 heteroatoms. The van der Waals surface area contributed by atoms with Crippen LogP contribution >= 0.6 is 23.4 Å². The molecule has 0 radical (unpaired) electrons. The lowest BCUT2D eigenvalue weighted by atomic mass is 10.0. The van der Waals surface area contributed by atoms with Gasteiger partial charge in [0.2, 0.25) is 5.91 Å². The molecule has 0 bridgehead atoms. The van der Waals surface area contributed by atoms with Gasteiger partial charge in [0.05, 0.1) is 28.1 Å². The van der Waals surface area contributed by atoms with Crippen molar-refractivity contribution in [3.05, 3.63) is 83.4 Å². The predicted molar refractivity (Wildman–Crippen MR) is 132 cm³/mol. The number of carbonyl (C=O) groups excluding carboxylic acids is 2. The van der Waals surface area contributed by atoms with Gasteiger partial charge in [0.15, 0.2) is 11.0 Å². The summed E-state index contributed by atoms with van der Waals surface area (Å²) in [6.07, 6.45) is 1.68. The third kappa shape index (κ3) is 6.24. The molecule has 0 spiro atoms. The van der Waals surface area contributed by atoms with Crippen molar-refractivity contribution < 1.29 is 14.0 Å². The molecule has 0 fully saturated rings. The highest BCUT2D eigenvalue weighted by atomic mass is 35.5. The number of aromatic nitrogens is 3. The van der Waals surface area contributed by atoms with Crippen molar-refractivity contribution in [3.8, 4) is 0 Å². The summed E-state index contributed by atoms with van der Waals surface area (Å²) in [6, 6.07) is 12.3. The van der Waals surface area contributed by atoms with E-state index in [0.717, 1.165) is 11.8 Å². The number of amides is 2. The molecule has 0 aliphatic rings. The van der Waals surface area contributed by atoms with Gasteiger partial charge >= 0.3 is 0 Å². The summed E-state index contributed by atoms with van der Waals surface area (Å²) in [6.45, 7) is 8.09. The third-order valence-corrected chi connectivity index (χ3v) is 6.18. The average molecular weight is 502 g/mol. The van der Waals surface area contributed by atoms with Gasteiger partial charge in [-0.25, -0.2) is 4.39 Å². The molecule has 1 heterocycles. The molecule has 2 N–H and O–H groups in total. The lowest BCUT2D eigenvalue weighted by Gasteiger charge is -2.23. The predicted octanol–water partition coefficient (Wildman–Crippen LogP) is 5.11. The molecule has 2 amide bonds. The van der Waals surface area contributed by atoms with Crippen LogP contribution in [0.3, 0.4) is 0 Å². The van der Waals surface area contributed by atoms with Gasteiger partial charge in [0.25, 0.3) is 5.91 Å². The number of halogens is 2. The normalized spacial score (nSPS) is 11.8. The Morgan fingerprint density at radius 3 is 2.56 bits per heavy atom. The van der Waals surface area contributed by atoms with Crippen molar-refractivity contribution in [1.29, 1.82) is 0 Å². The minimum absolute atomic E-state index is 0.00192. The fraction of sp³-hybridized carbons (Fsp3) is 0.250. The van der Waals surface area contributed by atoms with E-state index in [1.807, 2.05) is 13.8 Å². The highest BCUT2D eigenvalue weighted by Crippen LogP contribution is 2.26. The zero-order valence-electron chi connectivity index (χ0n) is 18.8. The van der Waals surface area contributed by atoms with Crippen molar-refractivity contribution in [2.45, 2.75) is 31.6 Å². The molecule has 178 valence electrons. The first-order valence-corrected chi connectivity index (χ1v) is 11.9. The molecule has 1 atom stereocenters. The molecule has 34 heavy (non-hydrogen) atoms. The van der Waals surface area contributed by atoms with Crippen LogP contribution in [0.5, 0.6) is 0 Å². The van der Waals surface area contributed by atoms with Crippen LogP contribution in [0.4, 0.5) is 10.1 Å². The van der Waals surface area contributed by atoms with Gasteiger partial charge in [-0.2, -0.15) is 0 Å². The standard InChI is InChI=1S/C24H25ClFN5O2S/c1-4-13-31-22(21(15(2)3)28-23(33)16-9-5-6-10-17(16)25)29-30-24(31)34-14-20(32)27-19-12-8-7-11-18(19)26/h4-12,15,21H,1,13-14H2,2-3H3,(H,27,32)(H,28,33)/t21-/m1/s1. The van der Waals surface area contributed by atoms with Crippen LogP contribution in [0.1, 0.15) is 36.1 Å². The fourth-order valence-corrected chi connectivity index (χ4v) is 4.19. The molecule has 0 aliphatic carbocycles. The maximum atomic E-state index is 13.8. The van der Waals surface area contributed by atoms with Crippen molar-refractivity contribution in [2.75, 3.05) is 11.1 Å². The molecular formula is C24H25ClFN5O2S. The Hall–Kier alpha value is -3.17. The number of rotatable bonds is 10. The van der Waals surface area contributed by atoms with Gasteiger partial charge in [-0.15, -0.1) is 16.8 Å². The lowest BCUT2D eigenvalue weighted by molar-refractivity contribution is -0.113. The van der Waals surface area contributed by atoms with E-state index >= 15 is 0 Å². The van der Waals surface area contributed by atoms with Gasteiger partial charge in [-0.05, 0) is 30.2 Å². The summed E-state index contributed by atoms with van der Waals surface area (Å²) in [5.74, 6) is -0.684. The van der Waals surface area contributed by atoms with Crippen LogP contribution in [0.2, 0.25) is 5.02 Å². The number of hydrogen-bond acceptors (Lipinski definition) is 5. The Bertz CT molecular complexity index is 1180. The number of hydrogen-bond donors (Lipinski definition) is 2. The summed E-state index contributed by atoms with van der Waals surface area (Å²) in [5.41, 5.74) is 0.479. The second-order valence-corrected chi connectivity index (χ2v) is 9.08. The first kappa shape index (κ1) is 25.5. The van der Waals surface area contributed by atoms with Gasteiger partial charge < -0.3 is 15.2 Å². The summed E-state index contributed by atoms with van der Waals surface area (Å²) in [4.78, 5) is 25.2. The van der Waals surface area contributed by atoms with E-state index in [4.69, 9.17) is 11.6 Å². The van der Waals surface area contributed by atoms with Crippen molar-refractivity contribution in [3.63, 3.8) is 0 Å². The third-order valence-electron chi connectivity index (χ3n) is 4.89. The quantitative estimate of drug-likeness (QED) is 0.297. The highest BCUT2D eigenvalue weighted by Gasteiger charge is 2.27. The van der Waals surface area contributed by atoms with E-state index in [2.05, 4.69) is 27.4 Å². The Morgan fingerprint density at radius 2 is 1.88 bits per heavy atom. The molecule has 3 rings (SSSR count). The Morgan fingerprint density at radius 1 is 1.18 bits per heavy atom. The van der Waals surface area contributed by atoms with Gasteiger partial charge in [-0.3, -0.25) is 9.59 Å². The monoisotopic (exact) mass is 501 g/mol. The molecule has 0 saturated carbocycles. The zero-order chi connectivity index (χ0) is 24.7. The minimum Gasteiger partial charge on any atom is -0.342 e. The fourth-order valence-electron chi connectivity index (χ4n) is 3.21. The molecule has 3 aromatic rings. The maximum absolute atomic E-state index is 13.8. The smallest absolute Gasteiger partial charge is 0.253 e. The Kier molecular flexibility index (Phi) is 8.84. The number of thioether (sulfide) groups is 1. The number of nitrogens with one attached hydrogen (secondary N) is 2. The average Bonchev–Trinajstić information content (AvgIpc) is 3.20. The van der Waals surface area contributed by atoms with Crippen molar-refractivity contribution in [1.82, 2.24) is 20.1 Å². The van der Waals surface area contributed by atoms with Crippen LogP contribution in [0.15, 0.2) is 66.3 Å². The Labute approximate surface area is 206 Å². The van der Waals surface area contributed by atoms with Crippen LogP contribution < -0.4 is 10.6 Å². The van der Waals surface area contributed by atoms with Gasteiger partial charge in [-0.1, -0.05) is 67.6 Å². The minimum atomic E-state index is -0.507. The van der Waals surface area contributed by atoms with E-state index in [-0.39, 0.29) is 29.2 Å². The highest BCUT2D eigenvalue weighted by molar-refractivity contribution is 7.99. The molecule has 0 aliphatic heterocycles. The SMILES string of the molecule is C=CCn1c(SCC(=O)Nc2ccccc2F)nnc1[C@H](NC(=O)c1ccccc1Cl)C(C)C. The zero-order valence-corrected chi connectivity index (χ0v) is 20.4. The Balaban J connectivity index is 1.77. The summed E-state index contributed by atoms with van der Waals surface area (Å²) < 4.78 is 15.6. The number of anilines is 1. The van der Waals surface area contributed by atoms with Crippen LogP contribution in [-0.4, -0.2) is 32.3 Å². The summed E-state index contributed by atoms with van der Waals surface area (Å²) in [7, 11) is 0. The molecule has 1 aromatic heterocycles. The number of allylic oxidation sites excluding steroid dienone is 1. The maximum Gasteiger partial charge on any atom is 0.253 e. The molecule has 7 nitrogen and oxygen atoms in total. The first-order chi connectivity index (χ1) is 16.3. The van der Waals surface area contributed by atoms with Crippen molar-refractivity contribution in [2.24, 2.45) is 5.92 Å². The number of carbonyl (C=O) groups is 2. The van der Waals surface area contributed by atoms with E-state index in [1.165, 1.54) is 12.1 Å². The number of para-hydroxylation sites is 1. The summed E-state index contributed by atoms with van der Waals surface area (Å²) in [5, 5.41) is 14.9.